The van der Waals surface area contributed by atoms with E-state index in [1.54, 1.807) is 11.3 Å². The normalized spacial score (nSPS) is 11.7. The van der Waals surface area contributed by atoms with Gasteiger partial charge in [-0.2, -0.15) is 0 Å². The van der Waals surface area contributed by atoms with Crippen LogP contribution in [0.5, 0.6) is 0 Å². The smallest absolute Gasteiger partial charge is 0.189 e. The van der Waals surface area contributed by atoms with Gasteiger partial charge in [0, 0.05) is 18.1 Å². The van der Waals surface area contributed by atoms with Crippen LogP contribution in [0.3, 0.4) is 0 Å². The minimum Gasteiger partial charge on any atom is -0.285 e. The van der Waals surface area contributed by atoms with Gasteiger partial charge < -0.3 is 0 Å². The monoisotopic (exact) mass is 266 g/mol. The molecule has 1 aromatic heterocycles. The maximum Gasteiger partial charge on any atom is 0.189 e. The highest BCUT2D eigenvalue weighted by molar-refractivity contribution is 7.07. The van der Waals surface area contributed by atoms with Crippen molar-refractivity contribution >= 4 is 11.3 Å². The van der Waals surface area contributed by atoms with Gasteiger partial charge in [0.2, 0.25) is 0 Å². The van der Waals surface area contributed by atoms with Crippen LogP contribution in [0.1, 0.15) is 0 Å². The van der Waals surface area contributed by atoms with Crippen LogP contribution in [0.15, 0.2) is 71.0 Å². The molecule has 3 heteroatoms. The van der Waals surface area contributed by atoms with Gasteiger partial charge in [-0.25, -0.2) is 0 Å². The van der Waals surface area contributed by atoms with Crippen LogP contribution in [0, 0.1) is 0 Å². The summed E-state index contributed by atoms with van der Waals surface area (Å²) in [6, 6.07) is 20.7. The van der Waals surface area contributed by atoms with E-state index in [0.29, 0.717) is 0 Å². The maximum atomic E-state index is 4.37. The van der Waals surface area contributed by atoms with Crippen LogP contribution in [0.4, 0.5) is 0 Å². The zero-order valence-electron chi connectivity index (χ0n) is 10.7. The number of nitrogens with zero attached hydrogens (tertiary/aromatic N) is 2. The highest BCUT2D eigenvalue weighted by Crippen LogP contribution is 2.22. The molecule has 1 heterocycles. The SMILES string of the molecule is CN=c1scc(-c2ccccc2)n1-c1ccccc1. The first-order valence-electron chi connectivity index (χ1n) is 6.14. The molecule has 3 aromatic rings. The van der Waals surface area contributed by atoms with E-state index in [0.717, 1.165) is 10.5 Å². The Hall–Kier alpha value is -2.13. The van der Waals surface area contributed by atoms with E-state index < -0.39 is 0 Å². The number of para-hydroxylation sites is 1. The standard InChI is InChI=1S/C16H14N2S/c1-17-16-18(14-10-6-3-7-11-14)15(12-19-16)13-8-4-2-5-9-13/h2-12H,1H3. The minimum atomic E-state index is 1.00. The Labute approximate surface area is 116 Å². The maximum absolute atomic E-state index is 4.37. The van der Waals surface area contributed by atoms with Gasteiger partial charge in [-0.1, -0.05) is 48.5 Å². The molecule has 0 fully saturated rings. The highest BCUT2D eigenvalue weighted by Gasteiger charge is 2.08. The lowest BCUT2D eigenvalue weighted by Gasteiger charge is -2.08. The van der Waals surface area contributed by atoms with Gasteiger partial charge in [0.1, 0.15) is 0 Å². The number of benzene rings is 2. The van der Waals surface area contributed by atoms with Crippen molar-refractivity contribution in [2.75, 3.05) is 7.05 Å². The molecule has 0 aliphatic carbocycles. The summed E-state index contributed by atoms with van der Waals surface area (Å²) < 4.78 is 2.19. The summed E-state index contributed by atoms with van der Waals surface area (Å²) in [4.78, 5) is 5.38. The largest absolute Gasteiger partial charge is 0.285 e. The van der Waals surface area contributed by atoms with E-state index in [9.17, 15) is 0 Å². The van der Waals surface area contributed by atoms with Crippen molar-refractivity contribution in [2.24, 2.45) is 4.99 Å². The molecular formula is C16H14N2S. The van der Waals surface area contributed by atoms with Crippen molar-refractivity contribution in [3.63, 3.8) is 0 Å². The molecule has 0 atom stereocenters. The molecule has 0 radical (unpaired) electrons. The number of aromatic nitrogens is 1. The van der Waals surface area contributed by atoms with E-state index in [4.69, 9.17) is 0 Å². The molecule has 3 rings (SSSR count). The fraction of sp³-hybridized carbons (Fsp3) is 0.0625. The second-order valence-electron chi connectivity index (χ2n) is 4.16. The first-order valence-corrected chi connectivity index (χ1v) is 7.02. The van der Waals surface area contributed by atoms with Crippen molar-refractivity contribution in [3.8, 4) is 16.9 Å². The van der Waals surface area contributed by atoms with E-state index in [1.807, 2.05) is 31.3 Å². The number of rotatable bonds is 2. The third kappa shape index (κ3) is 2.25. The Morgan fingerprint density at radius 3 is 2.16 bits per heavy atom. The zero-order valence-corrected chi connectivity index (χ0v) is 11.5. The van der Waals surface area contributed by atoms with Gasteiger partial charge in [-0.15, -0.1) is 11.3 Å². The first-order chi connectivity index (χ1) is 9.40. The van der Waals surface area contributed by atoms with Crippen LogP contribution < -0.4 is 4.80 Å². The van der Waals surface area contributed by atoms with Gasteiger partial charge in [-0.3, -0.25) is 9.56 Å². The van der Waals surface area contributed by atoms with Crippen molar-refractivity contribution < 1.29 is 0 Å². The van der Waals surface area contributed by atoms with Crippen LogP contribution >= 0.6 is 11.3 Å². The van der Waals surface area contributed by atoms with Crippen LogP contribution in [0.2, 0.25) is 0 Å². The molecule has 0 spiro atoms. The molecule has 0 bridgehead atoms. The first kappa shape index (κ1) is 11.9. The van der Waals surface area contributed by atoms with E-state index in [2.05, 4.69) is 51.3 Å². The number of thiazole rings is 1. The van der Waals surface area contributed by atoms with E-state index >= 15 is 0 Å². The predicted molar refractivity (Wildman–Crippen MR) is 80.6 cm³/mol. The van der Waals surface area contributed by atoms with E-state index in [1.165, 1.54) is 11.3 Å². The molecule has 0 amide bonds. The summed E-state index contributed by atoms with van der Waals surface area (Å²) in [5, 5.41) is 2.16. The second kappa shape index (κ2) is 5.24. The van der Waals surface area contributed by atoms with E-state index in [-0.39, 0.29) is 0 Å². The number of hydrogen-bond acceptors (Lipinski definition) is 2. The Morgan fingerprint density at radius 1 is 0.895 bits per heavy atom. The lowest BCUT2D eigenvalue weighted by atomic mass is 10.1. The Morgan fingerprint density at radius 2 is 1.53 bits per heavy atom. The topological polar surface area (TPSA) is 17.3 Å². The molecule has 19 heavy (non-hydrogen) atoms. The third-order valence-corrected chi connectivity index (χ3v) is 3.90. The lowest BCUT2D eigenvalue weighted by molar-refractivity contribution is 0.999. The van der Waals surface area contributed by atoms with Crippen LogP contribution in [-0.4, -0.2) is 11.6 Å². The van der Waals surface area contributed by atoms with Crippen molar-refractivity contribution in [1.29, 1.82) is 0 Å². The average Bonchev–Trinajstić information content (AvgIpc) is 2.93. The Kier molecular flexibility index (Phi) is 3.29. The van der Waals surface area contributed by atoms with Gasteiger partial charge in [0.25, 0.3) is 0 Å². The van der Waals surface area contributed by atoms with Gasteiger partial charge in [0.15, 0.2) is 4.80 Å². The fourth-order valence-corrected chi connectivity index (χ4v) is 2.98. The predicted octanol–water partition coefficient (Wildman–Crippen LogP) is 3.74. The van der Waals surface area contributed by atoms with Gasteiger partial charge >= 0.3 is 0 Å². The minimum absolute atomic E-state index is 1.00. The quantitative estimate of drug-likeness (QED) is 0.672. The zero-order chi connectivity index (χ0) is 13.1. The lowest BCUT2D eigenvalue weighted by Crippen LogP contribution is -2.13. The molecule has 0 saturated heterocycles. The summed E-state index contributed by atoms with van der Waals surface area (Å²) in [6.07, 6.45) is 0. The van der Waals surface area contributed by atoms with Crippen molar-refractivity contribution in [1.82, 2.24) is 4.57 Å². The third-order valence-electron chi connectivity index (χ3n) is 2.98. The molecule has 0 aliphatic rings. The molecule has 2 nitrogen and oxygen atoms in total. The summed E-state index contributed by atoms with van der Waals surface area (Å²) in [7, 11) is 1.83. The Bertz CT molecular complexity index is 724. The summed E-state index contributed by atoms with van der Waals surface area (Å²) in [5.74, 6) is 0. The Balaban J connectivity index is 2.26. The summed E-state index contributed by atoms with van der Waals surface area (Å²) in [6.45, 7) is 0. The molecule has 2 aromatic carbocycles. The highest BCUT2D eigenvalue weighted by atomic mass is 32.1. The van der Waals surface area contributed by atoms with Gasteiger partial charge in [0.05, 0.1) is 5.69 Å². The summed E-state index contributed by atoms with van der Waals surface area (Å²) in [5.41, 5.74) is 3.53. The fourth-order valence-electron chi connectivity index (χ4n) is 2.10. The van der Waals surface area contributed by atoms with Crippen molar-refractivity contribution in [2.45, 2.75) is 0 Å². The second-order valence-corrected chi connectivity index (χ2v) is 5.00. The molecular weight excluding hydrogens is 252 g/mol. The number of hydrogen-bond donors (Lipinski definition) is 0. The average molecular weight is 266 g/mol. The van der Waals surface area contributed by atoms with Crippen molar-refractivity contribution in [3.05, 3.63) is 70.8 Å². The molecule has 94 valence electrons. The molecule has 0 aliphatic heterocycles. The molecule has 0 saturated carbocycles. The molecule has 0 unspecified atom stereocenters. The van der Waals surface area contributed by atoms with Crippen LogP contribution in [-0.2, 0) is 0 Å². The molecule has 0 N–H and O–H groups in total. The van der Waals surface area contributed by atoms with Gasteiger partial charge in [-0.05, 0) is 17.7 Å². The van der Waals surface area contributed by atoms with Crippen LogP contribution in [0.25, 0.3) is 16.9 Å². The summed E-state index contributed by atoms with van der Waals surface area (Å²) >= 11 is 1.66.